The highest BCUT2D eigenvalue weighted by Gasteiger charge is 2.09. The molecule has 0 aliphatic heterocycles. The van der Waals surface area contributed by atoms with E-state index < -0.39 is 4.92 Å². The molecule has 0 aliphatic rings. The van der Waals surface area contributed by atoms with E-state index >= 15 is 0 Å². The Morgan fingerprint density at radius 3 is 2.73 bits per heavy atom. The summed E-state index contributed by atoms with van der Waals surface area (Å²) in [6, 6.07) is 4.65. The van der Waals surface area contributed by atoms with E-state index in [2.05, 4.69) is 5.32 Å². The quantitative estimate of drug-likeness (QED) is 0.585. The number of aryl methyl sites for hydroxylation is 1. The molecule has 0 spiro atoms. The Balaban J connectivity index is 2.93. The molecule has 2 N–H and O–H groups in total. The van der Waals surface area contributed by atoms with Crippen LogP contribution in [0.25, 0.3) is 0 Å². The van der Waals surface area contributed by atoms with Crippen molar-refractivity contribution in [2.45, 2.75) is 19.9 Å². The van der Waals surface area contributed by atoms with Gasteiger partial charge in [-0.1, -0.05) is 0 Å². The van der Waals surface area contributed by atoms with Crippen molar-refractivity contribution in [3.8, 4) is 0 Å². The number of nitrogens with one attached hydrogen (secondary N) is 1. The monoisotopic (exact) mass is 210 g/mol. The van der Waals surface area contributed by atoms with E-state index in [1.165, 1.54) is 12.1 Å². The molecule has 1 unspecified atom stereocenters. The van der Waals surface area contributed by atoms with Crippen molar-refractivity contribution >= 4 is 11.4 Å². The standard InChI is InChI=1S/C10H14N2O3/c1-7-3-9(11-8(2)6-13)5-10(4-7)12(14)15/h3-5,8,11,13H,6H2,1-2H3. The zero-order chi connectivity index (χ0) is 11.4. The predicted octanol–water partition coefficient (Wildman–Crippen LogP) is 1.70. The van der Waals surface area contributed by atoms with E-state index in [9.17, 15) is 10.1 Å². The molecular weight excluding hydrogens is 196 g/mol. The molecule has 1 aromatic rings. The molecule has 1 rings (SSSR count). The Bertz CT molecular complexity index is 366. The summed E-state index contributed by atoms with van der Waals surface area (Å²) in [5.41, 5.74) is 1.53. The minimum Gasteiger partial charge on any atom is -0.394 e. The van der Waals surface area contributed by atoms with E-state index in [0.717, 1.165) is 5.56 Å². The third-order valence-electron chi connectivity index (χ3n) is 1.96. The molecule has 5 heteroatoms. The Hall–Kier alpha value is -1.62. The molecule has 0 saturated heterocycles. The number of nitro benzene ring substituents is 1. The minimum absolute atomic E-state index is 0.0122. The number of anilines is 1. The van der Waals surface area contributed by atoms with Gasteiger partial charge >= 0.3 is 0 Å². The highest BCUT2D eigenvalue weighted by molar-refractivity contribution is 5.54. The summed E-state index contributed by atoms with van der Waals surface area (Å²) in [5, 5.41) is 22.4. The predicted molar refractivity (Wildman–Crippen MR) is 58.0 cm³/mol. The van der Waals surface area contributed by atoms with Crippen LogP contribution in [-0.2, 0) is 0 Å². The lowest BCUT2D eigenvalue weighted by molar-refractivity contribution is -0.384. The van der Waals surface area contributed by atoms with Gasteiger partial charge in [-0.2, -0.15) is 0 Å². The number of hydrogen-bond donors (Lipinski definition) is 2. The number of hydrogen-bond acceptors (Lipinski definition) is 4. The number of rotatable bonds is 4. The summed E-state index contributed by atoms with van der Waals surface area (Å²) in [7, 11) is 0. The van der Waals surface area contributed by atoms with Gasteiger partial charge in [0.2, 0.25) is 0 Å². The average Bonchev–Trinajstić information content (AvgIpc) is 2.16. The first-order chi connectivity index (χ1) is 7.02. The van der Waals surface area contributed by atoms with Crippen LogP contribution in [0.3, 0.4) is 0 Å². The van der Waals surface area contributed by atoms with Crippen molar-refractivity contribution in [1.29, 1.82) is 0 Å². The third kappa shape index (κ3) is 3.21. The van der Waals surface area contributed by atoms with E-state index in [0.29, 0.717) is 5.69 Å². The van der Waals surface area contributed by atoms with Gasteiger partial charge in [-0.05, 0) is 25.5 Å². The second-order valence-electron chi connectivity index (χ2n) is 3.54. The molecule has 82 valence electrons. The zero-order valence-corrected chi connectivity index (χ0v) is 8.73. The first-order valence-corrected chi connectivity index (χ1v) is 4.66. The lowest BCUT2D eigenvalue weighted by Crippen LogP contribution is -2.19. The smallest absolute Gasteiger partial charge is 0.271 e. The fourth-order valence-corrected chi connectivity index (χ4v) is 1.28. The summed E-state index contributed by atoms with van der Waals surface area (Å²) in [5.74, 6) is 0. The summed E-state index contributed by atoms with van der Waals surface area (Å²) in [4.78, 5) is 10.2. The molecule has 0 amide bonds. The van der Waals surface area contributed by atoms with E-state index in [-0.39, 0.29) is 18.3 Å². The lowest BCUT2D eigenvalue weighted by atomic mass is 10.2. The van der Waals surface area contributed by atoms with E-state index in [4.69, 9.17) is 5.11 Å². The molecule has 0 saturated carbocycles. The third-order valence-corrected chi connectivity index (χ3v) is 1.96. The van der Waals surface area contributed by atoms with Crippen LogP contribution in [0.2, 0.25) is 0 Å². The van der Waals surface area contributed by atoms with Gasteiger partial charge in [-0.25, -0.2) is 0 Å². The fourth-order valence-electron chi connectivity index (χ4n) is 1.28. The van der Waals surface area contributed by atoms with Gasteiger partial charge in [0.05, 0.1) is 11.5 Å². The van der Waals surface area contributed by atoms with Gasteiger partial charge in [-0.3, -0.25) is 10.1 Å². The first kappa shape index (κ1) is 11.5. The highest BCUT2D eigenvalue weighted by Crippen LogP contribution is 2.20. The zero-order valence-electron chi connectivity index (χ0n) is 8.73. The average molecular weight is 210 g/mol. The first-order valence-electron chi connectivity index (χ1n) is 4.66. The number of aliphatic hydroxyl groups excluding tert-OH is 1. The van der Waals surface area contributed by atoms with Crippen molar-refractivity contribution in [2.75, 3.05) is 11.9 Å². The van der Waals surface area contributed by atoms with Crippen molar-refractivity contribution in [3.63, 3.8) is 0 Å². The lowest BCUT2D eigenvalue weighted by Gasteiger charge is -2.12. The molecule has 1 atom stereocenters. The van der Waals surface area contributed by atoms with Crippen LogP contribution in [0.4, 0.5) is 11.4 Å². The van der Waals surface area contributed by atoms with Gasteiger partial charge in [0.1, 0.15) is 0 Å². The van der Waals surface area contributed by atoms with E-state index in [1.807, 2.05) is 0 Å². The van der Waals surface area contributed by atoms with Gasteiger partial charge in [0.25, 0.3) is 5.69 Å². The Labute approximate surface area is 87.9 Å². The molecule has 0 heterocycles. The van der Waals surface area contributed by atoms with Crippen LogP contribution in [0, 0.1) is 17.0 Å². The number of benzene rings is 1. The second kappa shape index (κ2) is 4.75. The van der Waals surface area contributed by atoms with Gasteiger partial charge in [0.15, 0.2) is 0 Å². The maximum Gasteiger partial charge on any atom is 0.271 e. The van der Waals surface area contributed by atoms with E-state index in [1.54, 1.807) is 19.9 Å². The van der Waals surface area contributed by atoms with Crippen LogP contribution >= 0.6 is 0 Å². The molecule has 0 aromatic heterocycles. The Morgan fingerprint density at radius 2 is 2.20 bits per heavy atom. The molecule has 0 radical (unpaired) electrons. The Morgan fingerprint density at radius 1 is 1.53 bits per heavy atom. The molecule has 5 nitrogen and oxygen atoms in total. The van der Waals surface area contributed by atoms with Crippen molar-refractivity contribution in [2.24, 2.45) is 0 Å². The Kier molecular flexibility index (Phi) is 3.62. The molecule has 0 aliphatic carbocycles. The number of non-ortho nitro benzene ring substituents is 1. The maximum absolute atomic E-state index is 10.6. The van der Waals surface area contributed by atoms with Gasteiger partial charge in [0, 0.05) is 23.9 Å². The number of aliphatic hydroxyl groups is 1. The summed E-state index contributed by atoms with van der Waals surface area (Å²) >= 11 is 0. The molecular formula is C10H14N2O3. The summed E-state index contributed by atoms with van der Waals surface area (Å²) in [6.07, 6.45) is 0. The largest absolute Gasteiger partial charge is 0.394 e. The summed E-state index contributed by atoms with van der Waals surface area (Å²) in [6.45, 7) is 3.58. The fraction of sp³-hybridized carbons (Fsp3) is 0.400. The van der Waals surface area contributed by atoms with Crippen LogP contribution in [0.5, 0.6) is 0 Å². The van der Waals surface area contributed by atoms with Crippen molar-refractivity contribution < 1.29 is 10.0 Å². The SMILES string of the molecule is Cc1cc(NC(C)CO)cc([N+](=O)[O-])c1. The van der Waals surface area contributed by atoms with Crippen molar-refractivity contribution in [3.05, 3.63) is 33.9 Å². The number of nitro groups is 1. The molecule has 1 aromatic carbocycles. The van der Waals surface area contributed by atoms with Gasteiger partial charge < -0.3 is 10.4 Å². The van der Waals surface area contributed by atoms with Crippen LogP contribution in [0.1, 0.15) is 12.5 Å². The second-order valence-corrected chi connectivity index (χ2v) is 3.54. The van der Waals surface area contributed by atoms with Crippen LogP contribution in [0.15, 0.2) is 18.2 Å². The highest BCUT2D eigenvalue weighted by atomic mass is 16.6. The van der Waals surface area contributed by atoms with Crippen molar-refractivity contribution in [1.82, 2.24) is 0 Å². The molecule has 15 heavy (non-hydrogen) atoms. The van der Waals surface area contributed by atoms with Gasteiger partial charge in [-0.15, -0.1) is 0 Å². The molecule has 0 bridgehead atoms. The normalized spacial score (nSPS) is 12.2. The maximum atomic E-state index is 10.6. The topological polar surface area (TPSA) is 75.4 Å². The van der Waals surface area contributed by atoms with Crippen LogP contribution in [-0.4, -0.2) is 22.7 Å². The minimum atomic E-state index is -0.429. The van der Waals surface area contributed by atoms with Crippen LogP contribution < -0.4 is 5.32 Å². The molecule has 0 fully saturated rings. The summed E-state index contributed by atoms with van der Waals surface area (Å²) < 4.78 is 0. The number of nitrogens with zero attached hydrogens (tertiary/aromatic N) is 1.